The van der Waals surface area contributed by atoms with Gasteiger partial charge in [-0.1, -0.05) is 54.4 Å². The number of carbonyl (C=O) groups excluding carboxylic acids is 2. The fraction of sp³-hybridized carbons (Fsp3) is 0.417. The maximum atomic E-state index is 13.2. The summed E-state index contributed by atoms with van der Waals surface area (Å²) < 4.78 is 25.9. The average Bonchev–Trinajstić information content (AvgIpc) is 2.79. The lowest BCUT2D eigenvalue weighted by molar-refractivity contribution is -0.140. The van der Waals surface area contributed by atoms with Crippen molar-refractivity contribution >= 4 is 50.7 Å². The third-order valence-electron chi connectivity index (χ3n) is 5.30. The zero-order valence-corrected chi connectivity index (χ0v) is 22.0. The van der Waals surface area contributed by atoms with E-state index in [-0.39, 0.29) is 37.7 Å². The van der Waals surface area contributed by atoms with Gasteiger partial charge in [-0.05, 0) is 44.0 Å². The Morgan fingerprint density at radius 2 is 1.65 bits per heavy atom. The van der Waals surface area contributed by atoms with Crippen molar-refractivity contribution < 1.29 is 18.0 Å². The van der Waals surface area contributed by atoms with Gasteiger partial charge in [0.1, 0.15) is 6.04 Å². The number of nitrogens with zero attached hydrogens (tertiary/aromatic N) is 2. The van der Waals surface area contributed by atoms with Gasteiger partial charge in [-0.2, -0.15) is 0 Å². The molecule has 0 aliphatic heterocycles. The molecule has 10 heteroatoms. The minimum Gasteiger partial charge on any atom is -0.354 e. The second-order valence-electron chi connectivity index (χ2n) is 7.96. The summed E-state index contributed by atoms with van der Waals surface area (Å²) in [5.41, 5.74) is 1.08. The van der Waals surface area contributed by atoms with Crippen molar-refractivity contribution in [1.29, 1.82) is 0 Å². The fourth-order valence-corrected chi connectivity index (χ4v) is 4.91. The van der Waals surface area contributed by atoms with Crippen LogP contribution >= 0.6 is 23.2 Å². The lowest BCUT2D eigenvalue weighted by atomic mass is 10.1. The van der Waals surface area contributed by atoms with Gasteiger partial charge in [0.15, 0.2) is 0 Å². The van der Waals surface area contributed by atoms with E-state index in [1.165, 1.54) is 9.21 Å². The number of nitrogens with one attached hydrogen (secondary N) is 1. The smallest absolute Gasteiger partial charge is 0.242 e. The van der Waals surface area contributed by atoms with Crippen LogP contribution in [0, 0.1) is 0 Å². The number of para-hydroxylation sites is 1. The van der Waals surface area contributed by atoms with Gasteiger partial charge in [-0.25, -0.2) is 8.42 Å². The molecular weight excluding hydrogens is 497 g/mol. The zero-order chi connectivity index (χ0) is 25.3. The molecule has 0 aromatic heterocycles. The number of hydrogen-bond acceptors (Lipinski definition) is 4. The summed E-state index contributed by atoms with van der Waals surface area (Å²) in [7, 11) is -3.53. The summed E-state index contributed by atoms with van der Waals surface area (Å²) in [4.78, 5) is 27.3. The standard InChI is InChI=1S/C24H31Cl2N3O4S/c1-4-15-27-24(31)18(2)28(17-20-21(25)12-8-13-22(20)26)23(30)14-9-16-29(34(3,32)33)19-10-6-5-7-11-19/h5-8,10-13,18H,4,9,14-17H2,1-3H3,(H,27,31)/t18-/m1/s1. The van der Waals surface area contributed by atoms with Crippen molar-refractivity contribution in [1.82, 2.24) is 10.2 Å². The Bertz CT molecular complexity index is 1060. The Morgan fingerprint density at radius 3 is 2.21 bits per heavy atom. The molecule has 2 aromatic carbocycles. The minimum absolute atomic E-state index is 0.0479. The molecule has 1 N–H and O–H groups in total. The van der Waals surface area contributed by atoms with Crippen LogP contribution in [-0.4, -0.2) is 50.5 Å². The normalized spacial score (nSPS) is 12.1. The van der Waals surface area contributed by atoms with Crippen LogP contribution < -0.4 is 9.62 Å². The van der Waals surface area contributed by atoms with E-state index in [1.54, 1.807) is 55.5 Å². The molecule has 2 amide bonds. The largest absolute Gasteiger partial charge is 0.354 e. The number of halogens is 2. The molecule has 0 spiro atoms. The van der Waals surface area contributed by atoms with Crippen LogP contribution in [0.25, 0.3) is 0 Å². The summed E-state index contributed by atoms with van der Waals surface area (Å²) in [6.45, 7) is 4.29. The van der Waals surface area contributed by atoms with Gasteiger partial charge in [-0.15, -0.1) is 0 Å². The Hall–Kier alpha value is -2.29. The van der Waals surface area contributed by atoms with Gasteiger partial charge < -0.3 is 10.2 Å². The maximum Gasteiger partial charge on any atom is 0.242 e. The SMILES string of the molecule is CCCNC(=O)[C@@H](C)N(Cc1c(Cl)cccc1Cl)C(=O)CCCN(c1ccccc1)S(C)(=O)=O. The molecule has 0 aliphatic carbocycles. The van der Waals surface area contributed by atoms with Crippen LogP contribution in [0.3, 0.4) is 0 Å². The number of sulfonamides is 1. The third kappa shape index (κ3) is 7.89. The highest BCUT2D eigenvalue weighted by Gasteiger charge is 2.27. The number of carbonyl (C=O) groups is 2. The molecule has 0 unspecified atom stereocenters. The van der Waals surface area contributed by atoms with E-state index in [0.29, 0.717) is 27.8 Å². The van der Waals surface area contributed by atoms with Gasteiger partial charge in [0.05, 0.1) is 11.9 Å². The van der Waals surface area contributed by atoms with E-state index in [4.69, 9.17) is 23.2 Å². The van der Waals surface area contributed by atoms with E-state index in [2.05, 4.69) is 5.32 Å². The highest BCUT2D eigenvalue weighted by Crippen LogP contribution is 2.27. The molecule has 34 heavy (non-hydrogen) atoms. The Kier molecular flexibility index (Phi) is 10.7. The minimum atomic E-state index is -3.53. The summed E-state index contributed by atoms with van der Waals surface area (Å²) in [6, 6.07) is 13.0. The van der Waals surface area contributed by atoms with Crippen LogP contribution in [0.15, 0.2) is 48.5 Å². The van der Waals surface area contributed by atoms with Gasteiger partial charge >= 0.3 is 0 Å². The molecule has 7 nitrogen and oxygen atoms in total. The molecule has 0 heterocycles. The molecule has 2 aromatic rings. The van der Waals surface area contributed by atoms with Gasteiger partial charge in [0.25, 0.3) is 0 Å². The van der Waals surface area contributed by atoms with Crippen molar-refractivity contribution in [2.24, 2.45) is 0 Å². The van der Waals surface area contributed by atoms with Crippen molar-refractivity contribution in [3.8, 4) is 0 Å². The van der Waals surface area contributed by atoms with Gasteiger partial charge in [0.2, 0.25) is 21.8 Å². The molecular formula is C24H31Cl2N3O4S. The van der Waals surface area contributed by atoms with Gasteiger partial charge in [-0.3, -0.25) is 13.9 Å². The molecule has 2 rings (SSSR count). The Balaban J connectivity index is 2.19. The van der Waals surface area contributed by atoms with Crippen LogP contribution in [-0.2, 0) is 26.2 Å². The van der Waals surface area contributed by atoms with Crippen LogP contribution in [0.5, 0.6) is 0 Å². The average molecular weight is 529 g/mol. The zero-order valence-electron chi connectivity index (χ0n) is 19.6. The van der Waals surface area contributed by atoms with E-state index in [9.17, 15) is 18.0 Å². The molecule has 0 aliphatic rings. The van der Waals surface area contributed by atoms with Crippen molar-refractivity contribution in [2.75, 3.05) is 23.7 Å². The van der Waals surface area contributed by atoms with E-state index in [1.807, 2.05) is 6.92 Å². The van der Waals surface area contributed by atoms with E-state index in [0.717, 1.165) is 12.7 Å². The number of benzene rings is 2. The summed E-state index contributed by atoms with van der Waals surface area (Å²) >= 11 is 12.6. The van der Waals surface area contributed by atoms with E-state index >= 15 is 0 Å². The lowest BCUT2D eigenvalue weighted by Crippen LogP contribution is -2.48. The summed E-state index contributed by atoms with van der Waals surface area (Å²) in [5, 5.41) is 3.62. The summed E-state index contributed by atoms with van der Waals surface area (Å²) in [6.07, 6.45) is 2.22. The predicted molar refractivity (Wildman–Crippen MR) is 138 cm³/mol. The number of rotatable bonds is 12. The molecule has 0 bridgehead atoms. The first-order valence-corrected chi connectivity index (χ1v) is 13.7. The lowest BCUT2D eigenvalue weighted by Gasteiger charge is -2.30. The number of hydrogen-bond donors (Lipinski definition) is 1. The molecule has 0 saturated carbocycles. The maximum absolute atomic E-state index is 13.2. The summed E-state index contributed by atoms with van der Waals surface area (Å²) in [5.74, 6) is -0.572. The Morgan fingerprint density at radius 1 is 1.03 bits per heavy atom. The van der Waals surface area contributed by atoms with E-state index < -0.39 is 16.1 Å². The van der Waals surface area contributed by atoms with Crippen LogP contribution in [0.1, 0.15) is 38.7 Å². The number of amides is 2. The van der Waals surface area contributed by atoms with Crippen molar-refractivity contribution in [2.45, 2.75) is 45.7 Å². The highest BCUT2D eigenvalue weighted by atomic mass is 35.5. The van der Waals surface area contributed by atoms with Gasteiger partial charge in [0, 0.05) is 41.7 Å². The highest BCUT2D eigenvalue weighted by molar-refractivity contribution is 7.92. The topological polar surface area (TPSA) is 86.8 Å². The Labute approximate surface area is 212 Å². The predicted octanol–water partition coefficient (Wildman–Crippen LogP) is 4.48. The van der Waals surface area contributed by atoms with Crippen molar-refractivity contribution in [3.05, 3.63) is 64.1 Å². The first-order valence-electron chi connectivity index (χ1n) is 11.1. The molecule has 0 fully saturated rings. The second-order valence-corrected chi connectivity index (χ2v) is 10.7. The quantitative estimate of drug-likeness (QED) is 0.440. The molecule has 0 saturated heterocycles. The molecule has 0 radical (unpaired) electrons. The molecule has 1 atom stereocenters. The number of anilines is 1. The van der Waals surface area contributed by atoms with Crippen LogP contribution in [0.4, 0.5) is 5.69 Å². The van der Waals surface area contributed by atoms with Crippen LogP contribution in [0.2, 0.25) is 10.0 Å². The second kappa shape index (κ2) is 13.0. The van der Waals surface area contributed by atoms with Crippen molar-refractivity contribution in [3.63, 3.8) is 0 Å². The first kappa shape index (κ1) is 28.0. The first-order chi connectivity index (χ1) is 16.1. The third-order valence-corrected chi connectivity index (χ3v) is 7.21. The fourth-order valence-electron chi connectivity index (χ4n) is 3.43. The monoisotopic (exact) mass is 527 g/mol. The molecule has 186 valence electrons.